The number of fused-ring (bicyclic) bond motifs is 1. The van der Waals surface area contributed by atoms with Crippen LogP contribution in [0, 0.1) is 5.92 Å². The molecule has 0 aromatic heterocycles. The van der Waals surface area contributed by atoms with Crippen molar-refractivity contribution in [2.45, 2.75) is 52.0 Å². The zero-order valence-corrected chi connectivity index (χ0v) is 15.0. The van der Waals surface area contributed by atoms with Gasteiger partial charge in [-0.05, 0) is 69.7 Å². The Morgan fingerprint density at radius 3 is 3.12 bits per heavy atom. The number of hydrogen-bond donors (Lipinski definition) is 1. The normalized spacial score (nSPS) is 22.3. The topological polar surface area (TPSA) is 41.6 Å². The molecule has 0 saturated carbocycles. The minimum Gasteiger partial charge on any atom is -0.466 e. The van der Waals surface area contributed by atoms with Crippen molar-refractivity contribution in [1.29, 1.82) is 0 Å². The first kappa shape index (κ1) is 17.3. The Labute approximate surface area is 145 Å². The van der Waals surface area contributed by atoms with Gasteiger partial charge in [0.2, 0.25) is 0 Å². The van der Waals surface area contributed by atoms with Crippen LogP contribution in [0.5, 0.6) is 0 Å². The first-order valence-corrected chi connectivity index (χ1v) is 9.43. The van der Waals surface area contributed by atoms with Gasteiger partial charge >= 0.3 is 5.97 Å². The maximum atomic E-state index is 12.0. The van der Waals surface area contributed by atoms with E-state index in [0.717, 1.165) is 38.9 Å². The number of piperidine rings is 1. The van der Waals surface area contributed by atoms with Gasteiger partial charge in [0, 0.05) is 24.8 Å². The van der Waals surface area contributed by atoms with Gasteiger partial charge in [-0.15, -0.1) is 0 Å². The van der Waals surface area contributed by atoms with E-state index in [1.165, 1.54) is 29.7 Å². The van der Waals surface area contributed by atoms with Crippen LogP contribution in [0.25, 0.3) is 0 Å². The molecule has 132 valence electrons. The zero-order valence-electron chi connectivity index (χ0n) is 15.0. The standard InChI is InChI=1S/C20H30N2O2/c1-3-24-20(23)18-7-5-11-22(14-18)15(2)12-16-8-9-19-17(13-16)6-4-10-21-19/h8-9,13,15,18,21H,3-7,10-12,14H2,1-2H3. The molecule has 0 amide bonds. The van der Waals surface area contributed by atoms with Crippen LogP contribution in [0.4, 0.5) is 5.69 Å². The lowest BCUT2D eigenvalue weighted by Crippen LogP contribution is -2.44. The van der Waals surface area contributed by atoms with Crippen molar-refractivity contribution >= 4 is 11.7 Å². The molecule has 4 nitrogen and oxygen atoms in total. The Bertz CT molecular complexity index is 573. The van der Waals surface area contributed by atoms with E-state index in [0.29, 0.717) is 12.6 Å². The summed E-state index contributed by atoms with van der Waals surface area (Å²) in [6.07, 6.45) is 5.50. The van der Waals surface area contributed by atoms with Crippen LogP contribution >= 0.6 is 0 Å². The summed E-state index contributed by atoms with van der Waals surface area (Å²) in [6, 6.07) is 7.30. The lowest BCUT2D eigenvalue weighted by Gasteiger charge is -2.36. The predicted molar refractivity (Wildman–Crippen MR) is 97.3 cm³/mol. The number of carbonyl (C=O) groups is 1. The Balaban J connectivity index is 1.60. The molecule has 1 aromatic rings. The first-order valence-electron chi connectivity index (χ1n) is 9.43. The third-order valence-electron chi connectivity index (χ3n) is 5.34. The van der Waals surface area contributed by atoms with Gasteiger partial charge in [-0.2, -0.15) is 0 Å². The van der Waals surface area contributed by atoms with Gasteiger partial charge in [0.15, 0.2) is 0 Å². The second kappa shape index (κ2) is 8.02. The average molecular weight is 330 g/mol. The number of likely N-dealkylation sites (tertiary alicyclic amines) is 1. The van der Waals surface area contributed by atoms with E-state index in [4.69, 9.17) is 4.74 Å². The summed E-state index contributed by atoms with van der Waals surface area (Å²) >= 11 is 0. The molecule has 0 radical (unpaired) electrons. The van der Waals surface area contributed by atoms with E-state index in [1.54, 1.807) is 0 Å². The number of ether oxygens (including phenoxy) is 1. The summed E-state index contributed by atoms with van der Waals surface area (Å²) < 4.78 is 5.22. The molecule has 1 aromatic carbocycles. The van der Waals surface area contributed by atoms with Crippen LogP contribution in [0.2, 0.25) is 0 Å². The van der Waals surface area contributed by atoms with Gasteiger partial charge in [-0.3, -0.25) is 9.69 Å². The summed E-state index contributed by atoms with van der Waals surface area (Å²) in [4.78, 5) is 14.5. The Kier molecular flexibility index (Phi) is 5.77. The average Bonchev–Trinajstić information content (AvgIpc) is 2.62. The second-order valence-electron chi connectivity index (χ2n) is 7.16. The van der Waals surface area contributed by atoms with Crippen LogP contribution in [0.15, 0.2) is 18.2 Å². The molecule has 2 unspecified atom stereocenters. The van der Waals surface area contributed by atoms with Crippen molar-refractivity contribution in [1.82, 2.24) is 4.90 Å². The molecule has 4 heteroatoms. The maximum Gasteiger partial charge on any atom is 0.310 e. The molecule has 1 saturated heterocycles. The molecule has 1 N–H and O–H groups in total. The Hall–Kier alpha value is -1.55. The summed E-state index contributed by atoms with van der Waals surface area (Å²) in [5, 5.41) is 3.47. The quantitative estimate of drug-likeness (QED) is 0.842. The van der Waals surface area contributed by atoms with Gasteiger partial charge in [-0.1, -0.05) is 12.1 Å². The molecule has 0 bridgehead atoms. The molecule has 3 rings (SSSR count). The monoisotopic (exact) mass is 330 g/mol. The minimum atomic E-state index is -0.0192. The molecule has 2 heterocycles. The van der Waals surface area contributed by atoms with Crippen LogP contribution in [0.3, 0.4) is 0 Å². The molecular formula is C20H30N2O2. The predicted octanol–water partition coefficient (Wildman–Crippen LogP) is 3.25. The highest BCUT2D eigenvalue weighted by Crippen LogP contribution is 2.25. The van der Waals surface area contributed by atoms with Gasteiger partial charge < -0.3 is 10.1 Å². The number of anilines is 1. The molecular weight excluding hydrogens is 300 g/mol. The van der Waals surface area contributed by atoms with Crippen LogP contribution in [-0.4, -0.2) is 43.2 Å². The fraction of sp³-hybridized carbons (Fsp3) is 0.650. The highest BCUT2D eigenvalue weighted by atomic mass is 16.5. The van der Waals surface area contributed by atoms with Crippen LogP contribution in [-0.2, 0) is 22.4 Å². The van der Waals surface area contributed by atoms with Gasteiger partial charge in [0.1, 0.15) is 0 Å². The SMILES string of the molecule is CCOC(=O)C1CCCN(C(C)Cc2ccc3c(c2)CCCN3)C1. The molecule has 0 spiro atoms. The van der Waals surface area contributed by atoms with E-state index in [2.05, 4.69) is 35.3 Å². The number of nitrogens with zero attached hydrogens (tertiary/aromatic N) is 1. The molecule has 24 heavy (non-hydrogen) atoms. The van der Waals surface area contributed by atoms with Crippen molar-refractivity contribution in [2.24, 2.45) is 5.92 Å². The van der Waals surface area contributed by atoms with Crippen molar-refractivity contribution in [2.75, 3.05) is 31.6 Å². The summed E-state index contributed by atoms with van der Waals surface area (Å²) in [6.45, 7) is 7.66. The van der Waals surface area contributed by atoms with Crippen molar-refractivity contribution in [3.63, 3.8) is 0 Å². The Morgan fingerprint density at radius 2 is 2.29 bits per heavy atom. The number of benzene rings is 1. The molecule has 1 fully saturated rings. The van der Waals surface area contributed by atoms with Gasteiger partial charge in [-0.25, -0.2) is 0 Å². The van der Waals surface area contributed by atoms with Crippen molar-refractivity contribution < 1.29 is 9.53 Å². The van der Waals surface area contributed by atoms with Crippen LogP contribution < -0.4 is 5.32 Å². The van der Waals surface area contributed by atoms with Crippen molar-refractivity contribution in [3.8, 4) is 0 Å². The lowest BCUT2D eigenvalue weighted by molar-refractivity contribution is -0.150. The van der Waals surface area contributed by atoms with Gasteiger partial charge in [0.25, 0.3) is 0 Å². The van der Waals surface area contributed by atoms with Crippen LogP contribution in [0.1, 0.15) is 44.2 Å². The third-order valence-corrected chi connectivity index (χ3v) is 5.34. The summed E-state index contributed by atoms with van der Waals surface area (Å²) in [7, 11) is 0. The number of hydrogen-bond acceptors (Lipinski definition) is 4. The highest BCUT2D eigenvalue weighted by Gasteiger charge is 2.29. The maximum absolute atomic E-state index is 12.0. The number of carbonyl (C=O) groups excluding carboxylic acids is 1. The smallest absolute Gasteiger partial charge is 0.310 e. The molecule has 2 aliphatic heterocycles. The summed E-state index contributed by atoms with van der Waals surface area (Å²) in [5.74, 6) is 0.0307. The fourth-order valence-electron chi connectivity index (χ4n) is 3.98. The number of aryl methyl sites for hydroxylation is 1. The van der Waals surface area contributed by atoms with E-state index in [1.807, 2.05) is 6.92 Å². The second-order valence-corrected chi connectivity index (χ2v) is 7.16. The van der Waals surface area contributed by atoms with E-state index in [-0.39, 0.29) is 11.9 Å². The number of esters is 1. The minimum absolute atomic E-state index is 0.0192. The molecule has 0 aliphatic carbocycles. The largest absolute Gasteiger partial charge is 0.466 e. The zero-order chi connectivity index (χ0) is 16.9. The van der Waals surface area contributed by atoms with E-state index >= 15 is 0 Å². The number of rotatable bonds is 5. The summed E-state index contributed by atoms with van der Waals surface area (Å²) in [5.41, 5.74) is 4.16. The van der Waals surface area contributed by atoms with E-state index in [9.17, 15) is 4.79 Å². The molecule has 2 atom stereocenters. The van der Waals surface area contributed by atoms with Crippen molar-refractivity contribution in [3.05, 3.63) is 29.3 Å². The highest BCUT2D eigenvalue weighted by molar-refractivity contribution is 5.72. The number of nitrogens with one attached hydrogen (secondary N) is 1. The van der Waals surface area contributed by atoms with Gasteiger partial charge in [0.05, 0.1) is 12.5 Å². The first-order chi connectivity index (χ1) is 11.7. The fourth-order valence-corrected chi connectivity index (χ4v) is 3.98. The molecule has 2 aliphatic rings. The Morgan fingerprint density at radius 1 is 1.42 bits per heavy atom. The third kappa shape index (κ3) is 4.10. The lowest BCUT2D eigenvalue weighted by atomic mass is 9.94. The van der Waals surface area contributed by atoms with E-state index < -0.39 is 0 Å².